The standard InChI is InChI=1S/C33H33N3O4S/c34-41(39,40)30-18-10-9-17-27(30)26-19-20-28(29(21-26)24-13-5-2-6-14-24)31(36-32(37)25-15-7-8-16-25)33(38)35-22-23-11-3-1-4-12-23/h1-6,9-14,17-21,25,31H,7-8,15-16,22H2,(H,35,38)(H,36,37)(H2,34,39,40)/t31-/m0/s1. The number of amides is 2. The van der Waals surface area contributed by atoms with Crippen molar-refractivity contribution in [1.82, 2.24) is 10.6 Å². The molecule has 0 saturated heterocycles. The number of benzene rings is 4. The highest BCUT2D eigenvalue weighted by molar-refractivity contribution is 7.89. The fraction of sp³-hybridized carbons (Fsp3) is 0.212. The Hall–Kier alpha value is -4.27. The average molecular weight is 568 g/mol. The zero-order chi connectivity index (χ0) is 28.8. The number of hydrogen-bond acceptors (Lipinski definition) is 4. The van der Waals surface area contributed by atoms with Crippen LogP contribution in [0.5, 0.6) is 0 Å². The molecular formula is C33H33N3O4S. The summed E-state index contributed by atoms with van der Waals surface area (Å²) in [6.07, 6.45) is 3.60. The highest BCUT2D eigenvalue weighted by atomic mass is 32.2. The number of nitrogens with one attached hydrogen (secondary N) is 2. The van der Waals surface area contributed by atoms with E-state index in [0.29, 0.717) is 28.8 Å². The molecule has 0 bridgehead atoms. The summed E-state index contributed by atoms with van der Waals surface area (Å²) >= 11 is 0. The van der Waals surface area contributed by atoms with Gasteiger partial charge in [-0.1, -0.05) is 104 Å². The van der Waals surface area contributed by atoms with E-state index in [2.05, 4.69) is 10.6 Å². The molecule has 1 aliphatic carbocycles. The lowest BCUT2D eigenvalue weighted by Gasteiger charge is -2.24. The van der Waals surface area contributed by atoms with Crippen LogP contribution >= 0.6 is 0 Å². The van der Waals surface area contributed by atoms with Gasteiger partial charge in [-0.15, -0.1) is 0 Å². The minimum absolute atomic E-state index is 0.0125. The van der Waals surface area contributed by atoms with Crippen LogP contribution in [-0.4, -0.2) is 20.2 Å². The monoisotopic (exact) mass is 567 g/mol. The molecule has 0 heterocycles. The van der Waals surface area contributed by atoms with E-state index in [9.17, 15) is 18.0 Å². The fourth-order valence-electron chi connectivity index (χ4n) is 5.42. The third kappa shape index (κ3) is 6.73. The van der Waals surface area contributed by atoms with Crippen LogP contribution < -0.4 is 15.8 Å². The quantitative estimate of drug-likeness (QED) is 0.253. The molecule has 0 spiro atoms. The molecule has 41 heavy (non-hydrogen) atoms. The zero-order valence-corrected chi connectivity index (χ0v) is 23.4. The Balaban J connectivity index is 1.59. The first kappa shape index (κ1) is 28.3. The Morgan fingerprint density at radius 3 is 2.10 bits per heavy atom. The number of hydrogen-bond donors (Lipinski definition) is 3. The third-order valence-corrected chi connectivity index (χ3v) is 8.51. The second kappa shape index (κ2) is 12.5. The normalized spacial score (nSPS) is 14.4. The molecule has 8 heteroatoms. The van der Waals surface area contributed by atoms with E-state index < -0.39 is 16.1 Å². The molecule has 4 N–H and O–H groups in total. The number of rotatable bonds is 9. The minimum Gasteiger partial charge on any atom is -0.350 e. The largest absolute Gasteiger partial charge is 0.350 e. The first-order valence-corrected chi connectivity index (χ1v) is 15.3. The van der Waals surface area contributed by atoms with Gasteiger partial charge in [-0.3, -0.25) is 9.59 Å². The molecule has 210 valence electrons. The summed E-state index contributed by atoms with van der Waals surface area (Å²) in [5, 5.41) is 11.6. The van der Waals surface area contributed by atoms with Crippen LogP contribution in [0.2, 0.25) is 0 Å². The second-order valence-electron chi connectivity index (χ2n) is 10.3. The van der Waals surface area contributed by atoms with Crippen molar-refractivity contribution in [2.75, 3.05) is 0 Å². The van der Waals surface area contributed by atoms with Gasteiger partial charge >= 0.3 is 0 Å². The Kier molecular flexibility index (Phi) is 8.61. The van der Waals surface area contributed by atoms with E-state index in [0.717, 1.165) is 36.8 Å². The summed E-state index contributed by atoms with van der Waals surface area (Å²) in [6.45, 7) is 0.315. The third-order valence-electron chi connectivity index (χ3n) is 7.54. The van der Waals surface area contributed by atoms with Crippen LogP contribution in [0.1, 0.15) is 42.9 Å². The summed E-state index contributed by atoms with van der Waals surface area (Å²) in [5.74, 6) is -0.583. The maximum Gasteiger partial charge on any atom is 0.247 e. The predicted octanol–water partition coefficient (Wildman–Crippen LogP) is 5.33. The maximum absolute atomic E-state index is 13.8. The van der Waals surface area contributed by atoms with Crippen molar-refractivity contribution < 1.29 is 18.0 Å². The van der Waals surface area contributed by atoms with Crippen molar-refractivity contribution in [1.29, 1.82) is 0 Å². The van der Waals surface area contributed by atoms with Gasteiger partial charge in [-0.2, -0.15) is 0 Å². The van der Waals surface area contributed by atoms with Crippen molar-refractivity contribution in [3.8, 4) is 22.3 Å². The van der Waals surface area contributed by atoms with Gasteiger partial charge in [0.2, 0.25) is 21.8 Å². The topological polar surface area (TPSA) is 118 Å². The SMILES string of the molecule is NS(=O)(=O)c1ccccc1-c1ccc([C@H](NC(=O)C2CCCC2)C(=O)NCc2ccccc2)c(-c2ccccc2)c1. The smallest absolute Gasteiger partial charge is 0.247 e. The molecule has 0 radical (unpaired) electrons. The summed E-state index contributed by atoms with van der Waals surface area (Å²) in [7, 11) is -3.98. The van der Waals surface area contributed by atoms with Gasteiger partial charge in [0.15, 0.2) is 0 Å². The predicted molar refractivity (Wildman–Crippen MR) is 160 cm³/mol. The Morgan fingerprint density at radius 1 is 0.780 bits per heavy atom. The van der Waals surface area contributed by atoms with Crippen molar-refractivity contribution in [2.45, 2.75) is 43.2 Å². The fourth-order valence-corrected chi connectivity index (χ4v) is 6.18. The van der Waals surface area contributed by atoms with Crippen LogP contribution in [0.25, 0.3) is 22.3 Å². The Bertz CT molecular complexity index is 1630. The van der Waals surface area contributed by atoms with Crippen LogP contribution in [0.4, 0.5) is 0 Å². The molecule has 0 aliphatic heterocycles. The highest BCUT2D eigenvalue weighted by Crippen LogP contribution is 2.36. The molecule has 7 nitrogen and oxygen atoms in total. The van der Waals surface area contributed by atoms with Gasteiger partial charge in [0.1, 0.15) is 6.04 Å². The lowest BCUT2D eigenvalue weighted by atomic mass is 9.90. The summed E-state index contributed by atoms with van der Waals surface area (Å²) < 4.78 is 24.7. The minimum atomic E-state index is -3.98. The first-order valence-electron chi connectivity index (χ1n) is 13.7. The molecule has 0 unspecified atom stereocenters. The lowest BCUT2D eigenvalue weighted by Crippen LogP contribution is -2.42. The van der Waals surface area contributed by atoms with Gasteiger partial charge in [0.05, 0.1) is 4.90 Å². The number of carbonyl (C=O) groups is 2. The molecular weight excluding hydrogens is 534 g/mol. The summed E-state index contributed by atoms with van der Waals surface area (Å²) in [5.41, 5.74) is 4.18. The maximum atomic E-state index is 13.8. The van der Waals surface area contributed by atoms with E-state index in [1.165, 1.54) is 6.07 Å². The lowest BCUT2D eigenvalue weighted by molar-refractivity contribution is -0.131. The number of sulfonamides is 1. The first-order chi connectivity index (χ1) is 19.8. The van der Waals surface area contributed by atoms with Crippen LogP contribution in [0.15, 0.2) is 108 Å². The van der Waals surface area contributed by atoms with Crippen molar-refractivity contribution in [2.24, 2.45) is 11.1 Å². The van der Waals surface area contributed by atoms with Crippen molar-refractivity contribution >= 4 is 21.8 Å². The number of primary sulfonamides is 1. The molecule has 0 aromatic heterocycles. The van der Waals surface area contributed by atoms with E-state index in [1.807, 2.05) is 66.7 Å². The molecule has 2 amide bonds. The molecule has 4 aromatic carbocycles. The Morgan fingerprint density at radius 2 is 1.41 bits per heavy atom. The van der Waals surface area contributed by atoms with Crippen LogP contribution in [0, 0.1) is 5.92 Å². The Labute approximate surface area is 240 Å². The van der Waals surface area contributed by atoms with Crippen LogP contribution in [0.3, 0.4) is 0 Å². The van der Waals surface area contributed by atoms with Gasteiger partial charge < -0.3 is 10.6 Å². The van der Waals surface area contributed by atoms with Gasteiger partial charge in [0.25, 0.3) is 0 Å². The molecule has 4 aromatic rings. The van der Waals surface area contributed by atoms with Gasteiger partial charge in [-0.25, -0.2) is 13.6 Å². The van der Waals surface area contributed by atoms with Crippen molar-refractivity contribution in [3.05, 3.63) is 114 Å². The van der Waals surface area contributed by atoms with Crippen molar-refractivity contribution in [3.63, 3.8) is 0 Å². The summed E-state index contributed by atoms with van der Waals surface area (Å²) in [4.78, 5) is 27.1. The van der Waals surface area contributed by atoms with Gasteiger partial charge in [0, 0.05) is 18.0 Å². The van der Waals surface area contributed by atoms with E-state index in [4.69, 9.17) is 5.14 Å². The molecule has 1 saturated carbocycles. The van der Waals surface area contributed by atoms with Gasteiger partial charge in [-0.05, 0) is 52.8 Å². The van der Waals surface area contributed by atoms with E-state index >= 15 is 0 Å². The van der Waals surface area contributed by atoms with E-state index in [-0.39, 0.29) is 22.6 Å². The van der Waals surface area contributed by atoms with Crippen LogP contribution in [-0.2, 0) is 26.2 Å². The average Bonchev–Trinajstić information content (AvgIpc) is 3.54. The number of carbonyl (C=O) groups excluding carboxylic acids is 2. The second-order valence-corrected chi connectivity index (χ2v) is 11.9. The molecule has 1 atom stereocenters. The zero-order valence-electron chi connectivity index (χ0n) is 22.6. The summed E-state index contributed by atoms with van der Waals surface area (Å²) in [6, 6.07) is 30.1. The molecule has 1 fully saturated rings. The van der Waals surface area contributed by atoms with E-state index in [1.54, 1.807) is 30.3 Å². The number of nitrogens with two attached hydrogens (primary N) is 1. The molecule has 5 rings (SSSR count). The molecule has 1 aliphatic rings. The highest BCUT2D eigenvalue weighted by Gasteiger charge is 2.30.